The molecule has 0 aromatic heterocycles. The predicted molar refractivity (Wildman–Crippen MR) is 58.7 cm³/mol. The average molecular weight is 216 g/mol. The number of aryl methyl sites for hydroxylation is 1. The van der Waals surface area contributed by atoms with Gasteiger partial charge in [0.05, 0.1) is 0 Å². The van der Waals surface area contributed by atoms with Gasteiger partial charge in [0.1, 0.15) is 5.76 Å². The van der Waals surface area contributed by atoms with E-state index in [4.69, 9.17) is 4.74 Å². The van der Waals surface area contributed by atoms with E-state index < -0.39 is 11.4 Å². The summed E-state index contributed by atoms with van der Waals surface area (Å²) in [6.07, 6.45) is 4.48. The van der Waals surface area contributed by atoms with Gasteiger partial charge >= 0.3 is 0 Å². The van der Waals surface area contributed by atoms with Crippen molar-refractivity contribution in [2.75, 3.05) is 0 Å². The van der Waals surface area contributed by atoms with Crippen LogP contribution in [0.4, 0.5) is 0 Å². The first-order valence-corrected chi connectivity index (χ1v) is 5.17. The smallest absolute Gasteiger partial charge is 0.225 e. The van der Waals surface area contributed by atoms with Gasteiger partial charge < -0.3 is 14.9 Å². The molecule has 1 saturated heterocycles. The Morgan fingerprint density at radius 1 is 1.25 bits per heavy atom. The van der Waals surface area contributed by atoms with E-state index in [2.05, 4.69) is 0 Å². The lowest BCUT2D eigenvalue weighted by Crippen LogP contribution is -2.23. The Balaban J connectivity index is 2.16. The Bertz CT molecular complexity index is 518. The number of aliphatic hydroxyl groups is 2. The van der Waals surface area contributed by atoms with Crippen molar-refractivity contribution in [1.29, 1.82) is 0 Å². The quantitative estimate of drug-likeness (QED) is 0.705. The van der Waals surface area contributed by atoms with Crippen LogP contribution >= 0.6 is 0 Å². The molecule has 1 aromatic carbocycles. The van der Waals surface area contributed by atoms with Gasteiger partial charge in [0, 0.05) is 0 Å². The second kappa shape index (κ2) is 2.75. The third-order valence-corrected chi connectivity index (χ3v) is 3.18. The first kappa shape index (κ1) is 9.63. The molecule has 0 spiro atoms. The third kappa shape index (κ3) is 1.04. The molecule has 0 bridgehead atoms. The summed E-state index contributed by atoms with van der Waals surface area (Å²) in [5.41, 5.74) is 1.00. The van der Waals surface area contributed by atoms with Crippen molar-refractivity contribution < 1.29 is 14.9 Å². The SMILES string of the molecule is Cc1ccccc1C12C=C(O)C=CC1(O)O2. The maximum atomic E-state index is 10.1. The Morgan fingerprint density at radius 3 is 2.75 bits per heavy atom. The van der Waals surface area contributed by atoms with Crippen LogP contribution in [0.3, 0.4) is 0 Å². The standard InChI is InChI=1S/C13H12O3/c1-9-4-2-3-5-11(9)12-8-10(14)6-7-13(12,15)16-12/h2-8,14-15H,1H3. The molecule has 0 saturated carbocycles. The highest BCUT2D eigenvalue weighted by Gasteiger charge is 2.70. The molecule has 2 aliphatic rings. The van der Waals surface area contributed by atoms with Gasteiger partial charge in [-0.05, 0) is 36.3 Å². The summed E-state index contributed by atoms with van der Waals surface area (Å²) in [6.45, 7) is 1.95. The maximum Gasteiger partial charge on any atom is 0.225 e. The van der Waals surface area contributed by atoms with E-state index in [0.717, 1.165) is 11.1 Å². The van der Waals surface area contributed by atoms with Crippen molar-refractivity contribution in [1.82, 2.24) is 0 Å². The lowest BCUT2D eigenvalue weighted by Gasteiger charge is -2.16. The molecule has 1 aliphatic carbocycles. The Morgan fingerprint density at radius 2 is 2.00 bits per heavy atom. The average Bonchev–Trinajstić information content (AvgIpc) is 2.85. The molecule has 1 aromatic rings. The zero-order valence-electron chi connectivity index (χ0n) is 8.84. The lowest BCUT2D eigenvalue weighted by atomic mass is 9.87. The molecule has 82 valence electrons. The number of aliphatic hydroxyl groups excluding tert-OH is 1. The molecule has 3 heteroatoms. The normalized spacial score (nSPS) is 35.5. The van der Waals surface area contributed by atoms with Gasteiger partial charge in [-0.15, -0.1) is 0 Å². The van der Waals surface area contributed by atoms with E-state index in [1.807, 2.05) is 31.2 Å². The van der Waals surface area contributed by atoms with Crippen molar-refractivity contribution in [2.24, 2.45) is 0 Å². The zero-order valence-corrected chi connectivity index (χ0v) is 8.84. The molecule has 2 N–H and O–H groups in total. The number of epoxide rings is 1. The molecule has 1 heterocycles. The van der Waals surface area contributed by atoms with Crippen molar-refractivity contribution in [2.45, 2.75) is 18.3 Å². The summed E-state index contributed by atoms with van der Waals surface area (Å²) in [7, 11) is 0. The topological polar surface area (TPSA) is 53.0 Å². The molecule has 2 unspecified atom stereocenters. The molecule has 16 heavy (non-hydrogen) atoms. The molecule has 0 amide bonds. The summed E-state index contributed by atoms with van der Waals surface area (Å²) in [4.78, 5) is 0. The summed E-state index contributed by atoms with van der Waals surface area (Å²) in [6, 6.07) is 7.67. The van der Waals surface area contributed by atoms with Crippen molar-refractivity contribution >= 4 is 0 Å². The molecule has 1 fully saturated rings. The Hall–Kier alpha value is -1.58. The highest BCUT2D eigenvalue weighted by Crippen LogP contribution is 2.58. The fourth-order valence-corrected chi connectivity index (χ4v) is 2.28. The number of hydrogen-bond donors (Lipinski definition) is 2. The maximum absolute atomic E-state index is 10.1. The fourth-order valence-electron chi connectivity index (χ4n) is 2.28. The first-order chi connectivity index (χ1) is 7.57. The molecular formula is C13H12O3. The first-order valence-electron chi connectivity index (χ1n) is 5.17. The minimum absolute atomic E-state index is 0.116. The number of rotatable bonds is 1. The zero-order chi connectivity index (χ0) is 11.4. The second-order valence-electron chi connectivity index (χ2n) is 4.25. The molecule has 0 radical (unpaired) electrons. The van der Waals surface area contributed by atoms with Gasteiger partial charge in [-0.1, -0.05) is 24.3 Å². The van der Waals surface area contributed by atoms with Gasteiger partial charge in [-0.2, -0.15) is 0 Å². The van der Waals surface area contributed by atoms with Crippen molar-refractivity contribution in [3.63, 3.8) is 0 Å². The summed E-state index contributed by atoms with van der Waals surface area (Å²) >= 11 is 0. The van der Waals surface area contributed by atoms with Gasteiger partial charge in [-0.25, -0.2) is 0 Å². The molecular weight excluding hydrogens is 204 g/mol. The molecule has 2 atom stereocenters. The van der Waals surface area contributed by atoms with Crippen LogP contribution in [-0.4, -0.2) is 16.0 Å². The van der Waals surface area contributed by atoms with Crippen LogP contribution in [0.5, 0.6) is 0 Å². The fraction of sp³-hybridized carbons (Fsp3) is 0.231. The summed E-state index contributed by atoms with van der Waals surface area (Å²) in [5, 5.41) is 19.7. The van der Waals surface area contributed by atoms with Crippen molar-refractivity contribution in [3.05, 3.63) is 59.4 Å². The van der Waals surface area contributed by atoms with Gasteiger partial charge in [0.15, 0.2) is 5.60 Å². The van der Waals surface area contributed by atoms with Crippen LogP contribution in [-0.2, 0) is 10.3 Å². The highest BCUT2D eigenvalue weighted by molar-refractivity contribution is 5.48. The lowest BCUT2D eigenvalue weighted by molar-refractivity contribution is 0.0822. The van der Waals surface area contributed by atoms with E-state index in [0.29, 0.717) is 0 Å². The van der Waals surface area contributed by atoms with Crippen molar-refractivity contribution in [3.8, 4) is 0 Å². The van der Waals surface area contributed by atoms with Gasteiger partial charge in [-0.3, -0.25) is 0 Å². The number of hydrogen-bond acceptors (Lipinski definition) is 3. The minimum atomic E-state index is -1.30. The van der Waals surface area contributed by atoms with E-state index in [1.165, 1.54) is 12.2 Å². The Kier molecular flexibility index (Phi) is 1.66. The van der Waals surface area contributed by atoms with Crippen LogP contribution in [0, 0.1) is 6.92 Å². The molecule has 3 rings (SSSR count). The van der Waals surface area contributed by atoms with E-state index >= 15 is 0 Å². The number of allylic oxidation sites excluding steroid dienone is 1. The summed E-state index contributed by atoms with van der Waals surface area (Å²) in [5.74, 6) is -1.18. The minimum Gasteiger partial charge on any atom is -0.508 e. The van der Waals surface area contributed by atoms with E-state index in [9.17, 15) is 10.2 Å². The van der Waals surface area contributed by atoms with Crippen LogP contribution in [0.2, 0.25) is 0 Å². The largest absolute Gasteiger partial charge is 0.508 e. The number of fused-ring (bicyclic) bond motifs is 1. The van der Waals surface area contributed by atoms with Crippen LogP contribution in [0.15, 0.2) is 48.3 Å². The number of benzene rings is 1. The molecule has 1 aliphatic heterocycles. The second-order valence-corrected chi connectivity index (χ2v) is 4.25. The predicted octanol–water partition coefficient (Wildman–Crippen LogP) is 1.92. The van der Waals surface area contributed by atoms with E-state index in [-0.39, 0.29) is 5.76 Å². The Labute approximate surface area is 93.3 Å². The summed E-state index contributed by atoms with van der Waals surface area (Å²) < 4.78 is 5.42. The van der Waals surface area contributed by atoms with Gasteiger partial charge in [0.25, 0.3) is 0 Å². The van der Waals surface area contributed by atoms with Crippen LogP contribution in [0.25, 0.3) is 0 Å². The van der Waals surface area contributed by atoms with Crippen LogP contribution < -0.4 is 0 Å². The molecule has 3 nitrogen and oxygen atoms in total. The number of ether oxygens (including phenoxy) is 1. The van der Waals surface area contributed by atoms with Crippen LogP contribution in [0.1, 0.15) is 11.1 Å². The third-order valence-electron chi connectivity index (χ3n) is 3.18. The van der Waals surface area contributed by atoms with E-state index in [1.54, 1.807) is 6.08 Å². The monoisotopic (exact) mass is 216 g/mol. The van der Waals surface area contributed by atoms with Gasteiger partial charge in [0.2, 0.25) is 5.79 Å². The highest BCUT2D eigenvalue weighted by atomic mass is 16.7.